The van der Waals surface area contributed by atoms with E-state index in [1.807, 2.05) is 12.1 Å². The summed E-state index contributed by atoms with van der Waals surface area (Å²) in [4.78, 5) is 25.2. The molecule has 0 bridgehead atoms. The van der Waals surface area contributed by atoms with E-state index < -0.39 is 11.9 Å². The Morgan fingerprint density at radius 1 is 0.641 bits per heavy atom. The third-order valence-corrected chi connectivity index (χ3v) is 7.05. The number of esters is 2. The van der Waals surface area contributed by atoms with Crippen LogP contribution < -0.4 is 9.47 Å². The van der Waals surface area contributed by atoms with Crippen molar-refractivity contribution in [3.8, 4) is 35.1 Å². The molecule has 0 aliphatic heterocycles. The van der Waals surface area contributed by atoms with Crippen molar-refractivity contribution in [2.24, 2.45) is 0 Å². The van der Waals surface area contributed by atoms with Crippen LogP contribution in [-0.2, 0) is 4.74 Å². The van der Waals surface area contributed by atoms with Gasteiger partial charge in [0.25, 0.3) is 0 Å². The number of ether oxygens (including phenoxy) is 3. The molecule has 0 fully saturated rings. The van der Waals surface area contributed by atoms with Gasteiger partial charge >= 0.3 is 11.9 Å². The van der Waals surface area contributed by atoms with E-state index >= 15 is 0 Å². The number of nitrogens with zero attached hydrogens (tertiary/aromatic N) is 2. The summed E-state index contributed by atoms with van der Waals surface area (Å²) < 4.78 is 17.6. The summed E-state index contributed by atoms with van der Waals surface area (Å²) in [5.74, 6) is -0.960. The Morgan fingerprint density at radius 2 is 1.05 bits per heavy atom. The second-order valence-electron chi connectivity index (χ2n) is 7.62. The molecule has 4 aromatic carbocycles. The lowest BCUT2D eigenvalue weighted by molar-refractivity contribution is 0.0397. The fourth-order valence-electron chi connectivity index (χ4n) is 3.26. The summed E-state index contributed by atoms with van der Waals surface area (Å²) in [6.45, 7) is 0. The zero-order valence-electron chi connectivity index (χ0n) is 19.4. The van der Waals surface area contributed by atoms with Gasteiger partial charge in [-0.15, -0.1) is 0 Å². The summed E-state index contributed by atoms with van der Waals surface area (Å²) >= 11 is 19.1. The highest BCUT2D eigenvalue weighted by Crippen LogP contribution is 2.36. The predicted octanol–water partition coefficient (Wildman–Crippen LogP) is 8.84. The van der Waals surface area contributed by atoms with Crippen LogP contribution in [0.2, 0.25) is 10.0 Å². The Morgan fingerprint density at radius 3 is 1.41 bits per heavy atom. The van der Waals surface area contributed by atoms with E-state index in [9.17, 15) is 20.1 Å². The third kappa shape index (κ3) is 6.42. The van der Waals surface area contributed by atoms with Crippen molar-refractivity contribution in [2.45, 2.75) is 0 Å². The molecule has 7 nitrogen and oxygen atoms in total. The van der Waals surface area contributed by atoms with Crippen LogP contribution in [0.15, 0.2) is 81.7 Å². The second-order valence-corrected chi connectivity index (χ2v) is 10.1. The van der Waals surface area contributed by atoms with Crippen molar-refractivity contribution in [3.63, 3.8) is 0 Å². The van der Waals surface area contributed by atoms with Gasteiger partial charge in [0.15, 0.2) is 0 Å². The number of carbonyl (C=O) groups excluding carboxylic acids is 2. The van der Waals surface area contributed by atoms with Gasteiger partial charge in [0.05, 0.1) is 21.2 Å². The predicted molar refractivity (Wildman–Crippen MR) is 151 cm³/mol. The van der Waals surface area contributed by atoms with Crippen molar-refractivity contribution < 1.29 is 23.8 Å². The zero-order chi connectivity index (χ0) is 28.1. The van der Waals surface area contributed by atoms with Crippen LogP contribution in [0, 0.1) is 22.7 Å². The lowest BCUT2D eigenvalue weighted by atomic mass is 10.2. The van der Waals surface area contributed by atoms with Crippen LogP contribution in [0.5, 0.6) is 23.0 Å². The average molecular weight is 687 g/mol. The van der Waals surface area contributed by atoms with Crippen LogP contribution in [0.3, 0.4) is 0 Å². The molecule has 0 amide bonds. The Kier molecular flexibility index (Phi) is 8.90. The molecule has 11 heteroatoms. The number of hydrogen-bond acceptors (Lipinski definition) is 7. The molecule has 0 saturated heterocycles. The van der Waals surface area contributed by atoms with Gasteiger partial charge in [-0.3, -0.25) is 0 Å². The summed E-state index contributed by atoms with van der Waals surface area (Å²) in [6, 6.07) is 22.2. The molecule has 0 atom stereocenters. The topological polar surface area (TPSA) is 109 Å². The number of nitriles is 2. The van der Waals surface area contributed by atoms with E-state index in [2.05, 4.69) is 31.9 Å². The first-order valence-electron chi connectivity index (χ1n) is 10.8. The summed E-state index contributed by atoms with van der Waals surface area (Å²) in [5.41, 5.74) is 0.556. The summed E-state index contributed by atoms with van der Waals surface area (Å²) in [5, 5.41) is 18.8. The molecule has 0 aliphatic carbocycles. The Hall–Kier alpha value is -3.86. The van der Waals surface area contributed by atoms with Crippen molar-refractivity contribution in [1.82, 2.24) is 0 Å². The highest BCUT2D eigenvalue weighted by molar-refractivity contribution is 9.10. The smallest absolute Gasteiger partial charge is 0.346 e. The fourth-order valence-corrected chi connectivity index (χ4v) is 4.57. The largest absolute Gasteiger partial charge is 0.454 e. The van der Waals surface area contributed by atoms with Gasteiger partial charge in [-0.05, 0) is 92.5 Å². The van der Waals surface area contributed by atoms with E-state index in [4.69, 9.17) is 37.4 Å². The maximum Gasteiger partial charge on any atom is 0.346 e. The maximum atomic E-state index is 12.6. The molecule has 4 aromatic rings. The first-order chi connectivity index (χ1) is 18.7. The summed E-state index contributed by atoms with van der Waals surface area (Å²) in [6.07, 6.45) is 0. The Balaban J connectivity index is 1.46. The van der Waals surface area contributed by atoms with Crippen molar-refractivity contribution in [1.29, 1.82) is 10.5 Å². The van der Waals surface area contributed by atoms with Gasteiger partial charge in [-0.1, -0.05) is 35.3 Å². The minimum absolute atomic E-state index is 0.000173. The van der Waals surface area contributed by atoms with Gasteiger partial charge in [-0.2, -0.15) is 10.5 Å². The standard InChI is InChI=1S/C28H12Br2Cl2N2O5/c29-19-3-1-5-23(17(19)13-33)37-25-9-7-15(11-21(25)31)27(35)39-28(36)16-8-10-26(22(32)12-16)38-24-6-2-4-20(30)18(24)14-34/h1-12H. The Bertz CT molecular complexity index is 1590. The lowest BCUT2D eigenvalue weighted by Crippen LogP contribution is -2.13. The van der Waals surface area contributed by atoms with E-state index in [1.165, 1.54) is 36.4 Å². The first kappa shape index (κ1) is 28.2. The molecule has 0 radical (unpaired) electrons. The monoisotopic (exact) mass is 684 g/mol. The first-order valence-corrected chi connectivity index (χ1v) is 13.1. The van der Waals surface area contributed by atoms with Crippen molar-refractivity contribution in [2.75, 3.05) is 0 Å². The van der Waals surface area contributed by atoms with Crippen LogP contribution in [0.25, 0.3) is 0 Å². The van der Waals surface area contributed by atoms with E-state index in [0.29, 0.717) is 8.95 Å². The van der Waals surface area contributed by atoms with Gasteiger partial charge in [0.2, 0.25) is 0 Å². The highest BCUT2D eigenvalue weighted by Gasteiger charge is 2.19. The maximum absolute atomic E-state index is 12.6. The molecule has 0 unspecified atom stereocenters. The molecule has 0 spiro atoms. The van der Waals surface area contributed by atoms with Crippen LogP contribution in [0.4, 0.5) is 0 Å². The molecule has 0 aliphatic rings. The average Bonchev–Trinajstić information content (AvgIpc) is 2.91. The fraction of sp³-hybridized carbons (Fsp3) is 0. The molecular formula is C28H12Br2Cl2N2O5. The molecule has 0 N–H and O–H groups in total. The third-order valence-electron chi connectivity index (χ3n) is 5.13. The number of rotatable bonds is 6. The van der Waals surface area contributed by atoms with E-state index in [-0.39, 0.29) is 55.3 Å². The minimum Gasteiger partial charge on any atom is -0.454 e. The van der Waals surface area contributed by atoms with Gasteiger partial charge < -0.3 is 14.2 Å². The van der Waals surface area contributed by atoms with Crippen LogP contribution >= 0.6 is 55.1 Å². The molecular weight excluding hydrogens is 675 g/mol. The van der Waals surface area contributed by atoms with E-state index in [1.54, 1.807) is 36.4 Å². The zero-order valence-corrected chi connectivity index (χ0v) is 24.1. The molecule has 4 rings (SSSR count). The lowest BCUT2D eigenvalue weighted by Gasteiger charge is -2.11. The quantitative estimate of drug-likeness (QED) is 0.147. The molecule has 0 aromatic heterocycles. The van der Waals surface area contributed by atoms with Crippen molar-refractivity contribution in [3.05, 3.63) is 114 Å². The molecule has 39 heavy (non-hydrogen) atoms. The summed E-state index contributed by atoms with van der Waals surface area (Å²) in [7, 11) is 0. The van der Waals surface area contributed by atoms with Crippen molar-refractivity contribution >= 4 is 67.0 Å². The molecule has 192 valence electrons. The van der Waals surface area contributed by atoms with Gasteiger partial charge in [-0.25, -0.2) is 9.59 Å². The Labute approximate surface area is 249 Å². The number of hydrogen-bond donors (Lipinski definition) is 0. The highest BCUT2D eigenvalue weighted by atomic mass is 79.9. The van der Waals surface area contributed by atoms with Crippen LogP contribution in [-0.4, -0.2) is 11.9 Å². The van der Waals surface area contributed by atoms with Gasteiger partial charge in [0.1, 0.15) is 46.3 Å². The molecule has 0 heterocycles. The number of halogens is 4. The van der Waals surface area contributed by atoms with Gasteiger partial charge in [0, 0.05) is 8.95 Å². The second kappa shape index (κ2) is 12.3. The molecule has 0 saturated carbocycles. The SMILES string of the molecule is N#Cc1c(Br)cccc1Oc1ccc(C(=O)OC(=O)c2ccc(Oc3cccc(Br)c3C#N)c(Cl)c2)cc1Cl. The minimum atomic E-state index is -0.946. The number of carbonyl (C=O) groups is 2. The number of benzene rings is 4. The normalized spacial score (nSPS) is 10.2. The van der Waals surface area contributed by atoms with E-state index in [0.717, 1.165) is 0 Å². The van der Waals surface area contributed by atoms with Crippen LogP contribution in [0.1, 0.15) is 31.8 Å².